The Morgan fingerprint density at radius 3 is 2.80 bits per heavy atom. The molecule has 1 aromatic rings. The van der Waals surface area contributed by atoms with E-state index in [0.29, 0.717) is 6.04 Å². The first-order chi connectivity index (χ1) is 9.78. The van der Waals surface area contributed by atoms with Crippen molar-refractivity contribution in [1.82, 2.24) is 5.32 Å². The summed E-state index contributed by atoms with van der Waals surface area (Å²) in [5, 5.41) is 3.63. The van der Waals surface area contributed by atoms with E-state index in [9.17, 15) is 0 Å². The predicted molar refractivity (Wildman–Crippen MR) is 85.3 cm³/mol. The molecule has 0 heterocycles. The van der Waals surface area contributed by atoms with Gasteiger partial charge in [0, 0.05) is 6.04 Å². The summed E-state index contributed by atoms with van der Waals surface area (Å²) in [6, 6.07) is 8.94. The average molecular weight is 275 g/mol. The van der Waals surface area contributed by atoms with Crippen LogP contribution in [0.4, 0.5) is 0 Å². The highest BCUT2D eigenvalue weighted by Crippen LogP contribution is 2.29. The van der Waals surface area contributed by atoms with Gasteiger partial charge in [0.1, 0.15) is 5.75 Å². The standard InChI is InChI=1S/C18H29NO/c1-3-19-17(14-16-8-4-5-9-16)11-12-20-18-10-6-7-15(2)13-18/h6-7,10,13,16-17,19H,3-5,8-9,11-12,14H2,1-2H3. The van der Waals surface area contributed by atoms with E-state index in [4.69, 9.17) is 4.74 Å². The zero-order chi connectivity index (χ0) is 14.2. The fourth-order valence-corrected chi connectivity index (χ4v) is 3.26. The predicted octanol–water partition coefficient (Wildman–Crippen LogP) is 4.32. The van der Waals surface area contributed by atoms with Gasteiger partial charge in [-0.1, -0.05) is 44.7 Å². The van der Waals surface area contributed by atoms with Crippen LogP contribution in [0.2, 0.25) is 0 Å². The monoisotopic (exact) mass is 275 g/mol. The fourth-order valence-electron chi connectivity index (χ4n) is 3.26. The van der Waals surface area contributed by atoms with Gasteiger partial charge >= 0.3 is 0 Å². The summed E-state index contributed by atoms with van der Waals surface area (Å²) >= 11 is 0. The molecule has 20 heavy (non-hydrogen) atoms. The van der Waals surface area contributed by atoms with E-state index in [-0.39, 0.29) is 0 Å². The van der Waals surface area contributed by atoms with Crippen molar-refractivity contribution in [1.29, 1.82) is 0 Å². The number of rotatable bonds is 8. The molecular weight excluding hydrogens is 246 g/mol. The molecule has 0 amide bonds. The smallest absolute Gasteiger partial charge is 0.119 e. The third-order valence-electron chi connectivity index (χ3n) is 4.31. The Hall–Kier alpha value is -1.02. The van der Waals surface area contributed by atoms with Crippen LogP contribution in [-0.2, 0) is 0 Å². The fraction of sp³-hybridized carbons (Fsp3) is 0.667. The van der Waals surface area contributed by atoms with Crippen LogP contribution in [0.15, 0.2) is 24.3 Å². The lowest BCUT2D eigenvalue weighted by Crippen LogP contribution is -2.32. The van der Waals surface area contributed by atoms with Crippen LogP contribution in [-0.4, -0.2) is 19.2 Å². The minimum Gasteiger partial charge on any atom is -0.494 e. The van der Waals surface area contributed by atoms with E-state index < -0.39 is 0 Å². The number of benzene rings is 1. The zero-order valence-electron chi connectivity index (χ0n) is 13.0. The highest BCUT2D eigenvalue weighted by atomic mass is 16.5. The van der Waals surface area contributed by atoms with Gasteiger partial charge in [0.05, 0.1) is 6.61 Å². The Morgan fingerprint density at radius 1 is 1.30 bits per heavy atom. The van der Waals surface area contributed by atoms with Gasteiger partial charge < -0.3 is 10.1 Å². The summed E-state index contributed by atoms with van der Waals surface area (Å²) < 4.78 is 5.89. The van der Waals surface area contributed by atoms with Crippen LogP contribution in [0.5, 0.6) is 5.75 Å². The number of nitrogens with one attached hydrogen (secondary N) is 1. The summed E-state index contributed by atoms with van der Waals surface area (Å²) in [6.45, 7) is 6.17. The zero-order valence-corrected chi connectivity index (χ0v) is 13.0. The van der Waals surface area contributed by atoms with Gasteiger partial charge in [-0.15, -0.1) is 0 Å². The lowest BCUT2D eigenvalue weighted by molar-refractivity contribution is 0.269. The molecule has 1 aliphatic rings. The molecule has 1 N–H and O–H groups in total. The first kappa shape index (κ1) is 15.4. The number of hydrogen-bond donors (Lipinski definition) is 1. The molecule has 0 aromatic heterocycles. The molecular formula is C18H29NO. The Kier molecular flexibility index (Phi) is 6.38. The summed E-state index contributed by atoms with van der Waals surface area (Å²) in [5.41, 5.74) is 1.26. The lowest BCUT2D eigenvalue weighted by atomic mass is 9.96. The van der Waals surface area contributed by atoms with Gasteiger partial charge in [-0.25, -0.2) is 0 Å². The molecule has 1 atom stereocenters. The van der Waals surface area contributed by atoms with Gasteiger partial charge in [0.2, 0.25) is 0 Å². The average Bonchev–Trinajstić information content (AvgIpc) is 2.92. The van der Waals surface area contributed by atoms with E-state index in [1.807, 2.05) is 6.07 Å². The second-order valence-electron chi connectivity index (χ2n) is 6.09. The van der Waals surface area contributed by atoms with Gasteiger partial charge in [0.25, 0.3) is 0 Å². The van der Waals surface area contributed by atoms with Crippen LogP contribution in [0.3, 0.4) is 0 Å². The third kappa shape index (κ3) is 5.16. The Labute approximate surface area is 123 Å². The Morgan fingerprint density at radius 2 is 2.10 bits per heavy atom. The van der Waals surface area contributed by atoms with Crippen LogP contribution < -0.4 is 10.1 Å². The summed E-state index contributed by atoms with van der Waals surface area (Å²) in [6.07, 6.45) is 8.16. The van der Waals surface area contributed by atoms with Crippen LogP contribution in [0.25, 0.3) is 0 Å². The van der Waals surface area contributed by atoms with Crippen LogP contribution in [0, 0.1) is 12.8 Å². The molecule has 0 bridgehead atoms. The van der Waals surface area contributed by atoms with Crippen molar-refractivity contribution in [3.05, 3.63) is 29.8 Å². The first-order valence-electron chi connectivity index (χ1n) is 8.20. The summed E-state index contributed by atoms with van der Waals surface area (Å²) in [7, 11) is 0. The maximum Gasteiger partial charge on any atom is 0.119 e. The van der Waals surface area contributed by atoms with E-state index in [2.05, 4.69) is 37.4 Å². The molecule has 1 aliphatic carbocycles. The summed E-state index contributed by atoms with van der Waals surface area (Å²) in [4.78, 5) is 0. The molecule has 1 fully saturated rings. The van der Waals surface area contributed by atoms with Crippen molar-refractivity contribution in [2.75, 3.05) is 13.2 Å². The minimum atomic E-state index is 0.618. The van der Waals surface area contributed by atoms with E-state index in [0.717, 1.165) is 31.2 Å². The van der Waals surface area contributed by atoms with Gasteiger partial charge in [-0.05, 0) is 49.9 Å². The Balaban J connectivity index is 1.73. The van der Waals surface area contributed by atoms with Crippen molar-refractivity contribution in [2.24, 2.45) is 5.92 Å². The molecule has 1 unspecified atom stereocenters. The van der Waals surface area contributed by atoms with Gasteiger partial charge in [-0.3, -0.25) is 0 Å². The SMILES string of the molecule is CCNC(CCOc1cccc(C)c1)CC1CCCC1. The van der Waals surface area contributed by atoms with Crippen molar-refractivity contribution >= 4 is 0 Å². The highest BCUT2D eigenvalue weighted by Gasteiger charge is 2.19. The van der Waals surface area contributed by atoms with Crippen molar-refractivity contribution in [3.8, 4) is 5.75 Å². The van der Waals surface area contributed by atoms with E-state index >= 15 is 0 Å². The topological polar surface area (TPSA) is 21.3 Å². The molecule has 2 rings (SSSR count). The Bertz CT molecular complexity index is 385. The third-order valence-corrected chi connectivity index (χ3v) is 4.31. The lowest BCUT2D eigenvalue weighted by Gasteiger charge is -2.21. The van der Waals surface area contributed by atoms with Gasteiger partial charge in [-0.2, -0.15) is 0 Å². The maximum absolute atomic E-state index is 5.89. The van der Waals surface area contributed by atoms with Crippen molar-refractivity contribution in [3.63, 3.8) is 0 Å². The molecule has 0 saturated heterocycles. The molecule has 112 valence electrons. The second kappa shape index (κ2) is 8.31. The second-order valence-corrected chi connectivity index (χ2v) is 6.09. The molecule has 0 spiro atoms. The summed E-state index contributed by atoms with van der Waals surface area (Å²) in [5.74, 6) is 1.94. The number of aryl methyl sites for hydroxylation is 1. The molecule has 0 aliphatic heterocycles. The van der Waals surface area contributed by atoms with Crippen LogP contribution >= 0.6 is 0 Å². The quantitative estimate of drug-likeness (QED) is 0.763. The first-order valence-corrected chi connectivity index (χ1v) is 8.20. The van der Waals surface area contributed by atoms with Crippen LogP contribution in [0.1, 0.15) is 51.0 Å². The minimum absolute atomic E-state index is 0.618. The molecule has 0 radical (unpaired) electrons. The van der Waals surface area contributed by atoms with Crippen molar-refractivity contribution in [2.45, 2.75) is 58.4 Å². The van der Waals surface area contributed by atoms with Gasteiger partial charge in [0.15, 0.2) is 0 Å². The van der Waals surface area contributed by atoms with E-state index in [1.165, 1.54) is 37.7 Å². The number of hydrogen-bond acceptors (Lipinski definition) is 2. The molecule has 1 aromatic carbocycles. The normalized spacial score (nSPS) is 17.3. The maximum atomic E-state index is 5.89. The number of ether oxygens (including phenoxy) is 1. The highest BCUT2D eigenvalue weighted by molar-refractivity contribution is 5.27. The van der Waals surface area contributed by atoms with Crippen molar-refractivity contribution < 1.29 is 4.74 Å². The molecule has 2 nitrogen and oxygen atoms in total. The molecule has 2 heteroatoms. The van der Waals surface area contributed by atoms with E-state index in [1.54, 1.807) is 0 Å². The molecule has 1 saturated carbocycles. The largest absolute Gasteiger partial charge is 0.494 e.